The number of hydrogen-bond donors (Lipinski definition) is 1. The molecule has 0 radical (unpaired) electrons. The molecule has 3 rings (SSSR count). The summed E-state index contributed by atoms with van der Waals surface area (Å²) in [5.41, 5.74) is 1.14. The molecule has 8 nitrogen and oxygen atoms in total. The molecule has 3 aromatic rings. The topological polar surface area (TPSA) is 110 Å². The van der Waals surface area contributed by atoms with E-state index in [1.807, 2.05) is 0 Å². The smallest absolute Gasteiger partial charge is 0.335 e. The highest BCUT2D eigenvalue weighted by molar-refractivity contribution is 6.42. The molecule has 0 spiro atoms. The second-order valence-electron chi connectivity index (χ2n) is 6.60. The number of aromatic nitrogens is 2. The molecule has 1 heterocycles. The van der Waals surface area contributed by atoms with Crippen molar-refractivity contribution in [2.24, 2.45) is 0 Å². The third kappa shape index (κ3) is 5.60. The van der Waals surface area contributed by atoms with Gasteiger partial charge in [0.25, 0.3) is 0 Å². The van der Waals surface area contributed by atoms with E-state index < -0.39 is 24.1 Å². The van der Waals surface area contributed by atoms with Crippen molar-refractivity contribution in [2.75, 3.05) is 12.0 Å². The van der Waals surface area contributed by atoms with Crippen LogP contribution < -0.4 is 9.64 Å². The van der Waals surface area contributed by atoms with Gasteiger partial charge in [-0.15, -0.1) is 0 Å². The van der Waals surface area contributed by atoms with E-state index in [1.165, 1.54) is 48.5 Å². The Kier molecular flexibility index (Phi) is 7.40. The Balaban J connectivity index is 1.89. The van der Waals surface area contributed by atoms with Gasteiger partial charge >= 0.3 is 5.97 Å². The number of methoxy groups -OCH3 is 1. The van der Waals surface area contributed by atoms with Crippen LogP contribution in [0.15, 0.2) is 54.7 Å². The zero-order chi connectivity index (χ0) is 23.3. The summed E-state index contributed by atoms with van der Waals surface area (Å²) < 4.78 is 4.99. The van der Waals surface area contributed by atoms with Crippen LogP contribution in [-0.4, -0.2) is 39.8 Å². The average Bonchev–Trinajstić information content (AvgIpc) is 2.79. The fourth-order valence-electron chi connectivity index (χ4n) is 2.83. The average molecular weight is 474 g/mol. The van der Waals surface area contributed by atoms with Crippen molar-refractivity contribution < 1.29 is 24.2 Å². The number of amides is 1. The lowest BCUT2D eigenvalue weighted by Gasteiger charge is -2.23. The highest BCUT2D eigenvalue weighted by Crippen LogP contribution is 2.25. The minimum atomic E-state index is -1.09. The van der Waals surface area contributed by atoms with Crippen molar-refractivity contribution in [1.29, 1.82) is 0 Å². The molecule has 0 unspecified atom stereocenters. The zero-order valence-corrected chi connectivity index (χ0v) is 18.3. The lowest BCUT2D eigenvalue weighted by atomic mass is 10.1. The number of carbonyl (C=O) groups is 3. The molecule has 1 N–H and O–H groups in total. The number of carboxylic acids is 1. The van der Waals surface area contributed by atoms with E-state index in [9.17, 15) is 14.4 Å². The third-order valence-corrected chi connectivity index (χ3v) is 5.19. The Morgan fingerprint density at radius 2 is 1.75 bits per heavy atom. The number of ether oxygens (including phenoxy) is 1. The van der Waals surface area contributed by atoms with Gasteiger partial charge in [-0.2, -0.15) is 4.98 Å². The maximum atomic E-state index is 13.1. The van der Waals surface area contributed by atoms with Crippen LogP contribution in [0.2, 0.25) is 10.0 Å². The van der Waals surface area contributed by atoms with Crippen molar-refractivity contribution in [3.05, 3.63) is 81.7 Å². The predicted molar refractivity (Wildman–Crippen MR) is 119 cm³/mol. The minimum absolute atomic E-state index is 0.0662. The first-order valence-corrected chi connectivity index (χ1v) is 10.0. The van der Waals surface area contributed by atoms with E-state index in [0.717, 1.165) is 0 Å². The van der Waals surface area contributed by atoms with E-state index in [1.54, 1.807) is 18.2 Å². The van der Waals surface area contributed by atoms with Crippen LogP contribution in [0.4, 0.5) is 5.69 Å². The second-order valence-corrected chi connectivity index (χ2v) is 7.42. The standard InChI is InChI=1S/C22H17Cl2N3O5/c1-32-19-8-9-25-21(26-19)18(28)11-20(29)27(12-13-2-7-16(23)17(24)10-13)15-5-3-14(4-6-15)22(30)31/h2-10H,11-12H2,1H3,(H,30,31). The maximum absolute atomic E-state index is 13.1. The molecule has 10 heteroatoms. The number of nitrogens with zero attached hydrogens (tertiary/aromatic N) is 3. The predicted octanol–water partition coefficient (Wildman–Crippen LogP) is 4.30. The Morgan fingerprint density at radius 3 is 2.38 bits per heavy atom. The number of aromatic carboxylic acids is 1. The number of carboxylic acid groups (broad SMARTS) is 1. The first kappa shape index (κ1) is 23.2. The molecule has 0 bridgehead atoms. The summed E-state index contributed by atoms with van der Waals surface area (Å²) in [6, 6.07) is 12.1. The summed E-state index contributed by atoms with van der Waals surface area (Å²) in [6.45, 7) is 0.0778. The molecular formula is C22H17Cl2N3O5. The van der Waals surface area contributed by atoms with Gasteiger partial charge in [0.15, 0.2) is 5.82 Å². The highest BCUT2D eigenvalue weighted by atomic mass is 35.5. The number of carbonyl (C=O) groups excluding carboxylic acids is 2. The highest BCUT2D eigenvalue weighted by Gasteiger charge is 2.22. The molecule has 0 saturated heterocycles. The van der Waals surface area contributed by atoms with Crippen LogP contribution in [-0.2, 0) is 11.3 Å². The van der Waals surface area contributed by atoms with Gasteiger partial charge in [-0.25, -0.2) is 9.78 Å². The van der Waals surface area contributed by atoms with E-state index in [2.05, 4.69) is 9.97 Å². The fraction of sp³-hybridized carbons (Fsp3) is 0.136. The lowest BCUT2D eigenvalue weighted by Crippen LogP contribution is -2.32. The quantitative estimate of drug-likeness (QED) is 0.383. The van der Waals surface area contributed by atoms with Gasteiger partial charge in [-0.05, 0) is 42.0 Å². The van der Waals surface area contributed by atoms with Crippen molar-refractivity contribution >= 4 is 46.5 Å². The van der Waals surface area contributed by atoms with Gasteiger partial charge in [0, 0.05) is 18.0 Å². The third-order valence-electron chi connectivity index (χ3n) is 4.45. The SMILES string of the molecule is COc1ccnc(C(=O)CC(=O)N(Cc2ccc(Cl)c(Cl)c2)c2ccc(C(=O)O)cc2)n1. The number of anilines is 1. The van der Waals surface area contributed by atoms with Crippen LogP contribution in [0.3, 0.4) is 0 Å². The number of ketones is 1. The number of benzene rings is 2. The Labute approximate surface area is 193 Å². The molecule has 1 aromatic heterocycles. The summed E-state index contributed by atoms with van der Waals surface area (Å²) in [4.78, 5) is 46.1. The van der Waals surface area contributed by atoms with Gasteiger partial charge in [-0.3, -0.25) is 9.59 Å². The first-order valence-electron chi connectivity index (χ1n) is 9.26. The van der Waals surface area contributed by atoms with E-state index in [-0.39, 0.29) is 23.8 Å². The molecule has 1 amide bonds. The second kappa shape index (κ2) is 10.2. The Bertz CT molecular complexity index is 1170. The van der Waals surface area contributed by atoms with Crippen LogP contribution in [0, 0.1) is 0 Å². The molecule has 32 heavy (non-hydrogen) atoms. The summed E-state index contributed by atoms with van der Waals surface area (Å²) in [7, 11) is 1.40. The van der Waals surface area contributed by atoms with Gasteiger partial charge in [-0.1, -0.05) is 29.3 Å². The number of rotatable bonds is 8. The molecule has 0 aliphatic heterocycles. The van der Waals surface area contributed by atoms with Gasteiger partial charge < -0.3 is 14.7 Å². The normalized spacial score (nSPS) is 10.5. The van der Waals surface area contributed by atoms with Crippen LogP contribution in [0.1, 0.15) is 33.0 Å². The molecule has 2 aromatic carbocycles. The van der Waals surface area contributed by atoms with Crippen molar-refractivity contribution in [2.45, 2.75) is 13.0 Å². The molecule has 0 atom stereocenters. The van der Waals surface area contributed by atoms with Crippen molar-refractivity contribution in [3.63, 3.8) is 0 Å². The largest absolute Gasteiger partial charge is 0.481 e. The van der Waals surface area contributed by atoms with Gasteiger partial charge in [0.1, 0.15) is 0 Å². The zero-order valence-electron chi connectivity index (χ0n) is 16.8. The minimum Gasteiger partial charge on any atom is -0.481 e. The molecule has 0 aliphatic carbocycles. The summed E-state index contributed by atoms with van der Waals surface area (Å²) >= 11 is 12.1. The first-order chi connectivity index (χ1) is 15.3. The molecule has 0 aliphatic rings. The van der Waals surface area contributed by atoms with Crippen molar-refractivity contribution in [1.82, 2.24) is 9.97 Å². The van der Waals surface area contributed by atoms with Crippen LogP contribution in [0.25, 0.3) is 0 Å². The maximum Gasteiger partial charge on any atom is 0.335 e. The number of halogens is 2. The Hall–Kier alpha value is -3.49. The van der Waals surface area contributed by atoms with Crippen molar-refractivity contribution in [3.8, 4) is 5.88 Å². The van der Waals surface area contributed by atoms with Gasteiger partial charge in [0.2, 0.25) is 17.6 Å². The lowest BCUT2D eigenvalue weighted by molar-refractivity contribution is -0.117. The number of Topliss-reactive ketones (excluding diaryl/α,β-unsaturated/α-hetero) is 1. The molecular weight excluding hydrogens is 457 g/mol. The summed E-state index contributed by atoms with van der Waals surface area (Å²) in [5, 5.41) is 9.81. The van der Waals surface area contributed by atoms with Crippen LogP contribution >= 0.6 is 23.2 Å². The van der Waals surface area contributed by atoms with E-state index >= 15 is 0 Å². The van der Waals surface area contributed by atoms with E-state index in [0.29, 0.717) is 21.3 Å². The summed E-state index contributed by atoms with van der Waals surface area (Å²) in [5.74, 6) is -2.16. The van der Waals surface area contributed by atoms with Gasteiger partial charge in [0.05, 0.1) is 35.7 Å². The number of hydrogen-bond acceptors (Lipinski definition) is 6. The fourth-order valence-corrected chi connectivity index (χ4v) is 3.15. The monoisotopic (exact) mass is 473 g/mol. The van der Waals surface area contributed by atoms with Crippen LogP contribution in [0.5, 0.6) is 5.88 Å². The molecule has 0 saturated carbocycles. The summed E-state index contributed by atoms with van der Waals surface area (Å²) in [6.07, 6.45) is 0.858. The Morgan fingerprint density at radius 1 is 1.03 bits per heavy atom. The molecule has 164 valence electrons. The van der Waals surface area contributed by atoms with E-state index in [4.69, 9.17) is 33.0 Å². The molecule has 0 fully saturated rings.